The van der Waals surface area contributed by atoms with Gasteiger partial charge in [0.25, 0.3) is 0 Å². The van der Waals surface area contributed by atoms with Gasteiger partial charge in [0.05, 0.1) is 0 Å². The third-order valence-electron chi connectivity index (χ3n) is 2.67. The molecule has 0 aliphatic heterocycles. The molecule has 0 spiro atoms. The summed E-state index contributed by atoms with van der Waals surface area (Å²) >= 11 is 0. The van der Waals surface area contributed by atoms with Crippen molar-refractivity contribution in [2.24, 2.45) is 0 Å². The highest BCUT2D eigenvalue weighted by molar-refractivity contribution is 5.79. The van der Waals surface area contributed by atoms with E-state index in [-0.39, 0.29) is 0 Å². The summed E-state index contributed by atoms with van der Waals surface area (Å²) in [5.74, 6) is 0. The van der Waals surface area contributed by atoms with Crippen molar-refractivity contribution >= 4 is 5.57 Å². The molecule has 0 nitrogen and oxygen atoms in total. The second kappa shape index (κ2) is 4.98. The molecule has 1 aromatic rings. The first kappa shape index (κ1) is 12.5. The number of benzene rings is 1. The smallest absolute Gasteiger partial charge is 0.0158 e. The highest BCUT2D eigenvalue weighted by atomic mass is 14.1. The van der Waals surface area contributed by atoms with Crippen molar-refractivity contribution in [2.75, 3.05) is 0 Å². The molecule has 84 valence electrons. The zero-order chi connectivity index (χ0) is 12.3. The summed E-state index contributed by atoms with van der Waals surface area (Å²) in [7, 11) is 0. The lowest BCUT2D eigenvalue weighted by Gasteiger charge is -2.10. The van der Waals surface area contributed by atoms with Crippen LogP contribution < -0.4 is 0 Å². The van der Waals surface area contributed by atoms with E-state index in [1.165, 1.54) is 22.3 Å². The van der Waals surface area contributed by atoms with E-state index in [0.29, 0.717) is 0 Å². The normalized spacial score (nSPS) is 11.4. The molecule has 16 heavy (non-hydrogen) atoms. The number of hydrogen-bond donors (Lipinski definition) is 0. The number of rotatable bonds is 3. The van der Waals surface area contributed by atoms with Crippen LogP contribution in [-0.4, -0.2) is 0 Å². The third-order valence-corrected chi connectivity index (χ3v) is 2.67. The maximum atomic E-state index is 4.03. The van der Waals surface area contributed by atoms with Crippen LogP contribution in [0.2, 0.25) is 0 Å². The number of aryl methyl sites for hydroxylation is 2. The Kier molecular flexibility index (Phi) is 3.89. The van der Waals surface area contributed by atoms with Crippen LogP contribution in [0.5, 0.6) is 0 Å². The van der Waals surface area contributed by atoms with Crippen LogP contribution in [0.15, 0.2) is 48.6 Å². The average molecular weight is 212 g/mol. The van der Waals surface area contributed by atoms with Gasteiger partial charge in [-0.15, -0.1) is 0 Å². The molecule has 0 aromatic heterocycles. The van der Waals surface area contributed by atoms with Crippen molar-refractivity contribution in [1.82, 2.24) is 0 Å². The van der Waals surface area contributed by atoms with Crippen molar-refractivity contribution in [1.29, 1.82) is 0 Å². The highest BCUT2D eigenvalue weighted by Crippen LogP contribution is 2.24. The molecule has 0 amide bonds. The minimum atomic E-state index is 1.05. The Labute approximate surface area is 99.0 Å². The van der Waals surface area contributed by atoms with Crippen molar-refractivity contribution in [2.45, 2.75) is 27.7 Å². The summed E-state index contributed by atoms with van der Waals surface area (Å²) < 4.78 is 0. The SMILES string of the molecule is C=C(C)/C=C(\C(=C)C)c1ccc(C)c(C)c1. The molecule has 1 rings (SSSR count). The zero-order valence-corrected chi connectivity index (χ0v) is 10.7. The molecule has 0 heterocycles. The highest BCUT2D eigenvalue weighted by Gasteiger charge is 2.03. The van der Waals surface area contributed by atoms with Crippen molar-refractivity contribution in [3.63, 3.8) is 0 Å². The lowest BCUT2D eigenvalue weighted by Crippen LogP contribution is -1.89. The monoisotopic (exact) mass is 212 g/mol. The Bertz CT molecular complexity index is 459. The van der Waals surface area contributed by atoms with Gasteiger partial charge in [0.15, 0.2) is 0 Å². The minimum absolute atomic E-state index is 1.05. The fraction of sp³-hybridized carbons (Fsp3) is 0.250. The van der Waals surface area contributed by atoms with Gasteiger partial charge < -0.3 is 0 Å². The zero-order valence-electron chi connectivity index (χ0n) is 10.7. The van der Waals surface area contributed by atoms with Crippen LogP contribution in [0.1, 0.15) is 30.5 Å². The lowest BCUT2D eigenvalue weighted by atomic mass is 9.95. The first-order chi connectivity index (χ1) is 7.41. The first-order valence-corrected chi connectivity index (χ1v) is 5.52. The molecule has 0 aliphatic rings. The maximum absolute atomic E-state index is 4.03. The second-order valence-corrected chi connectivity index (χ2v) is 4.48. The van der Waals surface area contributed by atoms with Crippen molar-refractivity contribution in [3.05, 3.63) is 65.3 Å². The van der Waals surface area contributed by atoms with E-state index in [9.17, 15) is 0 Å². The van der Waals surface area contributed by atoms with E-state index < -0.39 is 0 Å². The van der Waals surface area contributed by atoms with Gasteiger partial charge >= 0.3 is 0 Å². The Balaban J connectivity index is 3.27. The Hall–Kier alpha value is -1.56. The van der Waals surface area contributed by atoms with E-state index in [2.05, 4.69) is 51.3 Å². The van der Waals surface area contributed by atoms with Gasteiger partial charge in [-0.3, -0.25) is 0 Å². The molecule has 0 radical (unpaired) electrons. The maximum Gasteiger partial charge on any atom is -0.0158 e. The Morgan fingerprint density at radius 2 is 1.69 bits per heavy atom. The molecule has 0 N–H and O–H groups in total. The minimum Gasteiger partial charge on any atom is -0.0961 e. The van der Waals surface area contributed by atoms with Crippen LogP contribution in [0.25, 0.3) is 5.57 Å². The molecule has 0 aliphatic carbocycles. The first-order valence-electron chi connectivity index (χ1n) is 5.52. The predicted molar refractivity (Wildman–Crippen MR) is 73.5 cm³/mol. The van der Waals surface area contributed by atoms with Gasteiger partial charge in [-0.05, 0) is 50.0 Å². The van der Waals surface area contributed by atoms with Gasteiger partial charge in [-0.2, -0.15) is 0 Å². The van der Waals surface area contributed by atoms with Crippen LogP contribution in [-0.2, 0) is 0 Å². The summed E-state index contributed by atoms with van der Waals surface area (Å²) in [4.78, 5) is 0. The molecule has 0 bridgehead atoms. The molecule has 0 atom stereocenters. The molecule has 0 heteroatoms. The van der Waals surface area contributed by atoms with Gasteiger partial charge in [-0.25, -0.2) is 0 Å². The fourth-order valence-electron chi connectivity index (χ4n) is 1.61. The largest absolute Gasteiger partial charge is 0.0961 e. The topological polar surface area (TPSA) is 0 Å². The number of hydrogen-bond acceptors (Lipinski definition) is 0. The quantitative estimate of drug-likeness (QED) is 0.629. The molecule has 1 aromatic carbocycles. The molecule has 0 saturated heterocycles. The van der Waals surface area contributed by atoms with Gasteiger partial charge in [0, 0.05) is 0 Å². The fourth-order valence-corrected chi connectivity index (χ4v) is 1.61. The van der Waals surface area contributed by atoms with Gasteiger partial charge in [-0.1, -0.05) is 48.6 Å². The van der Waals surface area contributed by atoms with Gasteiger partial charge in [0.1, 0.15) is 0 Å². The standard InChI is InChI=1S/C16H20/c1-11(2)9-16(12(3)4)15-8-7-13(5)14(6)10-15/h7-10H,1,3H2,2,4-6H3/b16-9+. The molecular weight excluding hydrogens is 192 g/mol. The van der Waals surface area contributed by atoms with Gasteiger partial charge in [0.2, 0.25) is 0 Å². The third kappa shape index (κ3) is 2.96. The van der Waals surface area contributed by atoms with Crippen molar-refractivity contribution in [3.8, 4) is 0 Å². The molecule has 0 unspecified atom stereocenters. The average Bonchev–Trinajstić information content (AvgIpc) is 2.18. The van der Waals surface area contributed by atoms with E-state index >= 15 is 0 Å². The lowest BCUT2D eigenvalue weighted by molar-refractivity contribution is 1.32. The van der Waals surface area contributed by atoms with E-state index in [1.54, 1.807) is 0 Å². The van der Waals surface area contributed by atoms with Crippen LogP contribution in [0.3, 0.4) is 0 Å². The van der Waals surface area contributed by atoms with Crippen LogP contribution in [0, 0.1) is 13.8 Å². The predicted octanol–water partition coefficient (Wildman–Crippen LogP) is 4.84. The van der Waals surface area contributed by atoms with Crippen LogP contribution >= 0.6 is 0 Å². The summed E-state index contributed by atoms with van der Waals surface area (Å²) in [6.07, 6.45) is 2.09. The number of allylic oxidation sites excluding steroid dienone is 4. The molecule has 0 fully saturated rings. The second-order valence-electron chi connectivity index (χ2n) is 4.48. The Morgan fingerprint density at radius 3 is 2.12 bits per heavy atom. The van der Waals surface area contributed by atoms with Crippen molar-refractivity contribution < 1.29 is 0 Å². The summed E-state index contributed by atoms with van der Waals surface area (Å²) in [6.45, 7) is 16.3. The Morgan fingerprint density at radius 1 is 1.06 bits per heavy atom. The van der Waals surface area contributed by atoms with E-state index in [4.69, 9.17) is 0 Å². The van der Waals surface area contributed by atoms with Crippen LogP contribution in [0.4, 0.5) is 0 Å². The van der Waals surface area contributed by atoms with E-state index in [1.807, 2.05) is 13.8 Å². The summed E-state index contributed by atoms with van der Waals surface area (Å²) in [5.41, 5.74) is 7.16. The molecule has 0 saturated carbocycles. The molecular formula is C16H20. The summed E-state index contributed by atoms with van der Waals surface area (Å²) in [5, 5.41) is 0. The summed E-state index contributed by atoms with van der Waals surface area (Å²) in [6, 6.07) is 6.50. The van der Waals surface area contributed by atoms with E-state index in [0.717, 1.165) is 11.1 Å².